The van der Waals surface area contributed by atoms with Gasteiger partial charge in [0, 0.05) is 0 Å². The molecule has 0 spiro atoms. The van der Waals surface area contributed by atoms with Crippen molar-refractivity contribution in [3.63, 3.8) is 0 Å². The molecule has 0 amide bonds. The maximum Gasteiger partial charge on any atom is 0.238 e. The molecule has 0 aliphatic carbocycles. The van der Waals surface area contributed by atoms with E-state index in [1.165, 1.54) is 31.4 Å². The van der Waals surface area contributed by atoms with Gasteiger partial charge in [-0.05, 0) is 35.4 Å². The van der Waals surface area contributed by atoms with Gasteiger partial charge in [-0.25, -0.2) is 17.9 Å². The van der Waals surface area contributed by atoms with E-state index in [1.54, 1.807) is 18.2 Å². The lowest BCUT2D eigenvalue weighted by molar-refractivity contribution is 0.386. The summed E-state index contributed by atoms with van der Waals surface area (Å²) in [5.74, 6) is -0.319. The van der Waals surface area contributed by atoms with E-state index in [0.29, 0.717) is 11.1 Å². The summed E-state index contributed by atoms with van der Waals surface area (Å²) < 4.78 is 40.6. The highest BCUT2D eigenvalue weighted by atomic mass is 32.2. The molecule has 2 aromatic carbocycles. The van der Waals surface area contributed by atoms with Crippen LogP contribution < -0.4 is 9.88 Å². The third-order valence-electron chi connectivity index (χ3n) is 2.67. The van der Waals surface area contributed by atoms with Gasteiger partial charge in [0.2, 0.25) is 10.0 Å². The normalized spacial score (nSPS) is 11.3. The Balaban J connectivity index is 2.40. The number of rotatable bonds is 3. The Hall–Kier alpha value is -1.92. The molecule has 0 fully saturated rings. The minimum atomic E-state index is -3.71. The molecule has 0 radical (unpaired) electrons. The molecule has 4 nitrogen and oxygen atoms in total. The number of halogens is 1. The number of hydrogen-bond acceptors (Lipinski definition) is 3. The summed E-state index contributed by atoms with van der Waals surface area (Å²) in [5.41, 5.74) is 1.31. The first kappa shape index (κ1) is 13.5. The maximum atomic E-state index is 13.6. The van der Waals surface area contributed by atoms with Crippen LogP contribution in [0.5, 0.6) is 5.75 Å². The van der Waals surface area contributed by atoms with Gasteiger partial charge in [-0.2, -0.15) is 0 Å². The summed E-state index contributed by atoms with van der Waals surface area (Å²) in [4.78, 5) is 0.0187. The first-order valence-electron chi connectivity index (χ1n) is 5.38. The van der Waals surface area contributed by atoms with E-state index in [2.05, 4.69) is 0 Å². The average molecular weight is 281 g/mol. The van der Waals surface area contributed by atoms with Crippen LogP contribution in [0.2, 0.25) is 0 Å². The molecule has 0 aliphatic heterocycles. The number of sulfonamides is 1. The number of benzene rings is 2. The van der Waals surface area contributed by atoms with Gasteiger partial charge in [0.25, 0.3) is 0 Å². The summed E-state index contributed by atoms with van der Waals surface area (Å²) >= 11 is 0. The summed E-state index contributed by atoms with van der Waals surface area (Å²) in [5, 5.41) is 5.00. The highest BCUT2D eigenvalue weighted by Crippen LogP contribution is 2.26. The Morgan fingerprint density at radius 3 is 2.11 bits per heavy atom. The topological polar surface area (TPSA) is 69.4 Å². The number of hydrogen-bond donors (Lipinski definition) is 1. The minimum absolute atomic E-state index is 0.0187. The van der Waals surface area contributed by atoms with Crippen molar-refractivity contribution in [2.45, 2.75) is 4.90 Å². The lowest BCUT2D eigenvalue weighted by Gasteiger charge is -2.06. The summed E-state index contributed by atoms with van der Waals surface area (Å²) in [6, 6.07) is 10.4. The van der Waals surface area contributed by atoms with Crippen molar-refractivity contribution >= 4 is 10.0 Å². The molecule has 0 saturated heterocycles. The van der Waals surface area contributed by atoms with Crippen molar-refractivity contribution in [2.75, 3.05) is 7.11 Å². The molecular formula is C13H12FNO3S. The van der Waals surface area contributed by atoms with Crippen LogP contribution in [-0.4, -0.2) is 15.5 Å². The lowest BCUT2D eigenvalue weighted by Crippen LogP contribution is -2.11. The Labute approximate surface area is 110 Å². The standard InChI is InChI=1S/C13H12FNO3S/c1-18-13-7-4-10(8-12(13)14)9-2-5-11(6-3-9)19(15,16)17/h2-8H,1H3,(H2,15,16,17). The van der Waals surface area contributed by atoms with E-state index in [1.807, 2.05) is 0 Å². The van der Waals surface area contributed by atoms with Crippen LogP contribution in [0.3, 0.4) is 0 Å². The van der Waals surface area contributed by atoms with Crippen molar-refractivity contribution in [2.24, 2.45) is 5.14 Å². The molecule has 0 unspecified atom stereocenters. The van der Waals surface area contributed by atoms with Crippen LogP contribution in [0.25, 0.3) is 11.1 Å². The molecule has 0 heterocycles. The Morgan fingerprint density at radius 1 is 1.05 bits per heavy atom. The second-order valence-electron chi connectivity index (χ2n) is 3.92. The summed E-state index contributed by atoms with van der Waals surface area (Å²) in [7, 11) is -2.33. The third kappa shape index (κ3) is 2.91. The monoisotopic (exact) mass is 281 g/mol. The van der Waals surface area contributed by atoms with Gasteiger partial charge in [0.15, 0.2) is 11.6 Å². The predicted molar refractivity (Wildman–Crippen MR) is 69.8 cm³/mol. The fraction of sp³-hybridized carbons (Fsp3) is 0.0769. The molecule has 0 saturated carbocycles. The molecule has 0 atom stereocenters. The van der Waals surface area contributed by atoms with Crippen molar-refractivity contribution in [3.8, 4) is 16.9 Å². The van der Waals surface area contributed by atoms with Gasteiger partial charge < -0.3 is 4.74 Å². The number of nitrogens with two attached hydrogens (primary N) is 1. The van der Waals surface area contributed by atoms with Gasteiger partial charge in [-0.1, -0.05) is 18.2 Å². The van der Waals surface area contributed by atoms with Gasteiger partial charge >= 0.3 is 0 Å². The maximum absolute atomic E-state index is 13.6. The first-order chi connectivity index (χ1) is 8.91. The Bertz CT molecular complexity index is 696. The summed E-state index contributed by atoms with van der Waals surface area (Å²) in [6.07, 6.45) is 0. The molecule has 0 aliphatic rings. The van der Waals surface area contributed by atoms with Crippen LogP contribution >= 0.6 is 0 Å². The number of primary sulfonamides is 1. The van der Waals surface area contributed by atoms with Crippen molar-refractivity contribution < 1.29 is 17.5 Å². The summed E-state index contributed by atoms with van der Waals surface area (Å²) in [6.45, 7) is 0. The van der Waals surface area contributed by atoms with E-state index >= 15 is 0 Å². The SMILES string of the molecule is COc1ccc(-c2ccc(S(N)(=O)=O)cc2)cc1F. The van der Waals surface area contributed by atoms with Crippen molar-refractivity contribution in [1.29, 1.82) is 0 Å². The molecular weight excluding hydrogens is 269 g/mol. The van der Waals surface area contributed by atoms with Gasteiger partial charge in [0.1, 0.15) is 0 Å². The smallest absolute Gasteiger partial charge is 0.238 e. The first-order valence-corrected chi connectivity index (χ1v) is 6.93. The predicted octanol–water partition coefficient (Wildman–Crippen LogP) is 2.15. The molecule has 6 heteroatoms. The van der Waals surface area contributed by atoms with Gasteiger partial charge in [-0.3, -0.25) is 0 Å². The van der Waals surface area contributed by atoms with Crippen LogP contribution in [0.1, 0.15) is 0 Å². The van der Waals surface area contributed by atoms with Crippen LogP contribution in [0.15, 0.2) is 47.4 Å². The van der Waals surface area contributed by atoms with Gasteiger partial charge in [0.05, 0.1) is 12.0 Å². The Kier molecular flexibility index (Phi) is 3.55. The van der Waals surface area contributed by atoms with Crippen LogP contribution in [0, 0.1) is 5.82 Å². The molecule has 100 valence electrons. The fourth-order valence-electron chi connectivity index (χ4n) is 1.68. The second kappa shape index (κ2) is 4.99. The second-order valence-corrected chi connectivity index (χ2v) is 5.48. The molecule has 0 bridgehead atoms. The van der Waals surface area contributed by atoms with Crippen molar-refractivity contribution in [3.05, 3.63) is 48.3 Å². The van der Waals surface area contributed by atoms with Gasteiger partial charge in [-0.15, -0.1) is 0 Å². The van der Waals surface area contributed by atoms with E-state index in [-0.39, 0.29) is 10.6 Å². The highest BCUT2D eigenvalue weighted by molar-refractivity contribution is 7.89. The molecule has 2 N–H and O–H groups in total. The molecule has 0 aromatic heterocycles. The zero-order chi connectivity index (χ0) is 14.0. The third-order valence-corrected chi connectivity index (χ3v) is 3.60. The quantitative estimate of drug-likeness (QED) is 0.937. The van der Waals surface area contributed by atoms with E-state index in [4.69, 9.17) is 9.88 Å². The van der Waals surface area contributed by atoms with Crippen molar-refractivity contribution in [1.82, 2.24) is 0 Å². The molecule has 19 heavy (non-hydrogen) atoms. The van der Waals surface area contributed by atoms with E-state index < -0.39 is 15.8 Å². The highest BCUT2D eigenvalue weighted by Gasteiger charge is 2.09. The van der Waals surface area contributed by atoms with E-state index in [0.717, 1.165) is 0 Å². The number of ether oxygens (including phenoxy) is 1. The van der Waals surface area contributed by atoms with Crippen LogP contribution in [-0.2, 0) is 10.0 Å². The fourth-order valence-corrected chi connectivity index (χ4v) is 2.20. The Morgan fingerprint density at radius 2 is 1.63 bits per heavy atom. The largest absolute Gasteiger partial charge is 0.494 e. The lowest BCUT2D eigenvalue weighted by atomic mass is 10.1. The van der Waals surface area contributed by atoms with Crippen LogP contribution in [0.4, 0.5) is 4.39 Å². The number of methoxy groups -OCH3 is 1. The zero-order valence-corrected chi connectivity index (χ0v) is 10.9. The van der Waals surface area contributed by atoms with E-state index in [9.17, 15) is 12.8 Å². The minimum Gasteiger partial charge on any atom is -0.494 e. The molecule has 2 rings (SSSR count). The average Bonchev–Trinajstić information content (AvgIpc) is 2.38. The molecule has 2 aromatic rings. The zero-order valence-electron chi connectivity index (χ0n) is 10.1.